The lowest BCUT2D eigenvalue weighted by molar-refractivity contribution is 0.238. The molecule has 1 atom stereocenters. The predicted octanol–water partition coefficient (Wildman–Crippen LogP) is 0.791. The van der Waals surface area contributed by atoms with Crippen LogP contribution in [0.3, 0.4) is 0 Å². The molecule has 0 aliphatic carbocycles. The van der Waals surface area contributed by atoms with E-state index in [1.54, 1.807) is 6.20 Å². The monoisotopic (exact) mass is 207 g/mol. The number of aliphatic hydroxyl groups excluding tert-OH is 1. The van der Waals surface area contributed by atoms with E-state index in [0.29, 0.717) is 5.92 Å². The zero-order chi connectivity index (χ0) is 10.8. The summed E-state index contributed by atoms with van der Waals surface area (Å²) in [4.78, 5) is 6.51. The van der Waals surface area contributed by atoms with Gasteiger partial charge < -0.3 is 15.7 Å². The number of hydrogen-bond acceptors (Lipinski definition) is 4. The Morgan fingerprint density at radius 3 is 3.07 bits per heavy atom. The summed E-state index contributed by atoms with van der Waals surface area (Å²) in [5.41, 5.74) is 7.52. The number of nitrogens with zero attached hydrogens (tertiary/aromatic N) is 2. The molecule has 0 spiro atoms. The first-order chi connectivity index (χ1) is 7.20. The van der Waals surface area contributed by atoms with Crippen molar-refractivity contribution < 1.29 is 5.11 Å². The summed E-state index contributed by atoms with van der Waals surface area (Å²) in [6.45, 7) is 4.12. The van der Waals surface area contributed by atoms with Crippen molar-refractivity contribution in [1.29, 1.82) is 0 Å². The Labute approximate surface area is 89.7 Å². The van der Waals surface area contributed by atoms with Crippen molar-refractivity contribution in [3.05, 3.63) is 17.8 Å². The Hall–Kier alpha value is -1.29. The van der Waals surface area contributed by atoms with Crippen LogP contribution in [0.1, 0.15) is 12.0 Å². The first-order valence-electron chi connectivity index (χ1n) is 5.28. The van der Waals surface area contributed by atoms with Gasteiger partial charge in [0.2, 0.25) is 0 Å². The van der Waals surface area contributed by atoms with Crippen LogP contribution in [0.5, 0.6) is 0 Å². The summed E-state index contributed by atoms with van der Waals surface area (Å²) in [7, 11) is 0. The standard InChI is InChI=1S/C11H17N3O/c1-8-4-11(13-5-10(8)12)14-3-2-9(6-14)7-15/h4-5,9,15H,2-3,6-7,12H2,1H3. The summed E-state index contributed by atoms with van der Waals surface area (Å²) in [5.74, 6) is 1.36. The molecule has 15 heavy (non-hydrogen) atoms. The topological polar surface area (TPSA) is 62.4 Å². The van der Waals surface area contributed by atoms with Crippen LogP contribution in [0.2, 0.25) is 0 Å². The third-order valence-electron chi connectivity index (χ3n) is 3.00. The molecule has 0 radical (unpaired) electrons. The van der Waals surface area contributed by atoms with Gasteiger partial charge in [-0.2, -0.15) is 0 Å². The molecule has 1 saturated heterocycles. The first-order valence-corrected chi connectivity index (χ1v) is 5.28. The average Bonchev–Trinajstić information content (AvgIpc) is 2.70. The molecule has 3 N–H and O–H groups in total. The van der Waals surface area contributed by atoms with Crippen LogP contribution in [-0.4, -0.2) is 29.8 Å². The number of pyridine rings is 1. The van der Waals surface area contributed by atoms with Gasteiger partial charge in [0.25, 0.3) is 0 Å². The largest absolute Gasteiger partial charge is 0.397 e. The minimum atomic E-state index is 0.268. The third-order valence-corrected chi connectivity index (χ3v) is 3.00. The maximum atomic E-state index is 9.06. The molecule has 82 valence electrons. The molecule has 4 nitrogen and oxygen atoms in total. The second kappa shape index (κ2) is 4.06. The van der Waals surface area contributed by atoms with Crippen LogP contribution in [0.25, 0.3) is 0 Å². The van der Waals surface area contributed by atoms with Crippen LogP contribution in [0, 0.1) is 12.8 Å². The second-order valence-corrected chi connectivity index (χ2v) is 4.18. The molecule has 2 heterocycles. The van der Waals surface area contributed by atoms with E-state index in [9.17, 15) is 0 Å². The molecule has 4 heteroatoms. The molecule has 1 fully saturated rings. The maximum absolute atomic E-state index is 9.06. The van der Waals surface area contributed by atoms with Crippen molar-refractivity contribution in [1.82, 2.24) is 4.98 Å². The van der Waals surface area contributed by atoms with Crippen LogP contribution in [0.15, 0.2) is 12.3 Å². The number of rotatable bonds is 2. The SMILES string of the molecule is Cc1cc(N2CCC(CO)C2)ncc1N. The van der Waals surface area contributed by atoms with Crippen LogP contribution < -0.4 is 10.6 Å². The zero-order valence-corrected chi connectivity index (χ0v) is 8.98. The van der Waals surface area contributed by atoms with E-state index in [-0.39, 0.29) is 6.61 Å². The number of aliphatic hydroxyl groups is 1. The lowest BCUT2D eigenvalue weighted by atomic mass is 10.1. The minimum absolute atomic E-state index is 0.268. The van der Waals surface area contributed by atoms with Crippen molar-refractivity contribution in [3.63, 3.8) is 0 Å². The van der Waals surface area contributed by atoms with Crippen molar-refractivity contribution in [2.45, 2.75) is 13.3 Å². The molecule has 0 amide bonds. The molecular weight excluding hydrogens is 190 g/mol. The summed E-state index contributed by atoms with van der Waals surface area (Å²) < 4.78 is 0. The zero-order valence-electron chi connectivity index (χ0n) is 8.98. The average molecular weight is 207 g/mol. The van der Waals surface area contributed by atoms with Gasteiger partial charge in [-0.1, -0.05) is 0 Å². The van der Waals surface area contributed by atoms with E-state index in [1.165, 1.54) is 0 Å². The highest BCUT2D eigenvalue weighted by atomic mass is 16.3. The number of aryl methyl sites for hydroxylation is 1. The molecule has 0 aromatic carbocycles. The van der Waals surface area contributed by atoms with E-state index in [2.05, 4.69) is 9.88 Å². The Balaban J connectivity index is 2.13. The van der Waals surface area contributed by atoms with E-state index >= 15 is 0 Å². The van der Waals surface area contributed by atoms with Crippen LogP contribution in [-0.2, 0) is 0 Å². The van der Waals surface area contributed by atoms with Crippen molar-refractivity contribution in [2.75, 3.05) is 30.3 Å². The number of nitrogens with two attached hydrogens (primary N) is 1. The second-order valence-electron chi connectivity index (χ2n) is 4.18. The van der Waals surface area contributed by atoms with Crippen molar-refractivity contribution in [2.24, 2.45) is 5.92 Å². The normalized spacial score (nSPS) is 20.9. The summed E-state index contributed by atoms with van der Waals surface area (Å²) in [6, 6.07) is 2.01. The van der Waals surface area contributed by atoms with Crippen LogP contribution >= 0.6 is 0 Å². The van der Waals surface area contributed by atoms with E-state index in [0.717, 1.165) is 36.6 Å². The smallest absolute Gasteiger partial charge is 0.128 e. The number of hydrogen-bond donors (Lipinski definition) is 2. The first kappa shape index (κ1) is 10.2. The fourth-order valence-electron chi connectivity index (χ4n) is 1.91. The quantitative estimate of drug-likeness (QED) is 0.752. The van der Waals surface area contributed by atoms with Gasteiger partial charge in [0, 0.05) is 25.6 Å². The molecule has 1 aromatic heterocycles. The van der Waals surface area contributed by atoms with Crippen molar-refractivity contribution >= 4 is 11.5 Å². The number of nitrogen functional groups attached to an aromatic ring is 1. The molecule has 0 saturated carbocycles. The number of anilines is 2. The van der Waals surface area contributed by atoms with Gasteiger partial charge >= 0.3 is 0 Å². The highest BCUT2D eigenvalue weighted by Gasteiger charge is 2.22. The summed E-state index contributed by atoms with van der Waals surface area (Å²) in [5, 5.41) is 9.06. The Morgan fingerprint density at radius 2 is 2.47 bits per heavy atom. The van der Waals surface area contributed by atoms with Gasteiger partial charge in [-0.05, 0) is 25.0 Å². The Kier molecular flexibility index (Phi) is 2.77. The van der Waals surface area contributed by atoms with Crippen molar-refractivity contribution in [3.8, 4) is 0 Å². The highest BCUT2D eigenvalue weighted by molar-refractivity contribution is 5.52. The van der Waals surface area contributed by atoms with Gasteiger partial charge in [-0.25, -0.2) is 4.98 Å². The predicted molar refractivity (Wildman–Crippen MR) is 60.8 cm³/mol. The van der Waals surface area contributed by atoms with Gasteiger partial charge in [0.15, 0.2) is 0 Å². The van der Waals surface area contributed by atoms with Crippen LogP contribution in [0.4, 0.5) is 11.5 Å². The summed E-state index contributed by atoms with van der Waals surface area (Å²) in [6.07, 6.45) is 2.75. The lowest BCUT2D eigenvalue weighted by Gasteiger charge is -2.17. The van der Waals surface area contributed by atoms with Gasteiger partial charge in [0.05, 0.1) is 11.9 Å². The fourth-order valence-corrected chi connectivity index (χ4v) is 1.91. The summed E-state index contributed by atoms with van der Waals surface area (Å²) >= 11 is 0. The molecule has 1 aliphatic rings. The molecular formula is C11H17N3O. The van der Waals surface area contributed by atoms with E-state index in [1.807, 2.05) is 13.0 Å². The molecule has 0 bridgehead atoms. The highest BCUT2D eigenvalue weighted by Crippen LogP contribution is 2.23. The van der Waals surface area contributed by atoms with Gasteiger partial charge in [-0.15, -0.1) is 0 Å². The molecule has 2 rings (SSSR count). The minimum Gasteiger partial charge on any atom is -0.397 e. The van der Waals surface area contributed by atoms with E-state index < -0.39 is 0 Å². The maximum Gasteiger partial charge on any atom is 0.128 e. The van der Waals surface area contributed by atoms with Gasteiger partial charge in [-0.3, -0.25) is 0 Å². The van der Waals surface area contributed by atoms with E-state index in [4.69, 9.17) is 10.8 Å². The lowest BCUT2D eigenvalue weighted by Crippen LogP contribution is -2.21. The molecule has 1 aliphatic heterocycles. The number of aromatic nitrogens is 1. The fraction of sp³-hybridized carbons (Fsp3) is 0.545. The molecule has 1 aromatic rings. The Morgan fingerprint density at radius 1 is 1.67 bits per heavy atom. The van der Waals surface area contributed by atoms with Gasteiger partial charge in [0.1, 0.15) is 5.82 Å². The molecule has 1 unspecified atom stereocenters. The third kappa shape index (κ3) is 2.04. The Bertz CT molecular complexity index is 354.